The van der Waals surface area contributed by atoms with E-state index in [1.165, 1.54) is 5.56 Å². The lowest BCUT2D eigenvalue weighted by atomic mass is 10.1. The Morgan fingerprint density at radius 1 is 1.22 bits per heavy atom. The van der Waals surface area contributed by atoms with Crippen LogP contribution in [0.4, 0.5) is 0 Å². The molecule has 0 aliphatic rings. The topological polar surface area (TPSA) is 59.3 Å². The Balaban J connectivity index is 1.85. The first-order chi connectivity index (χ1) is 11.0. The normalized spacial score (nSPS) is 14.0. The van der Waals surface area contributed by atoms with E-state index in [9.17, 15) is 5.11 Å². The maximum atomic E-state index is 9.86. The Kier molecular flexibility index (Phi) is 6.19. The minimum absolute atomic E-state index is 0.187. The standard InChI is InChI=1S/C18H27N3O2/c1-13(2)17(22)11-20-14(3)15-5-7-16(8-6-15)23-12-18-19-9-10-21(18)4/h5-10,13-14,17,20,22H,11-12H2,1-4H3. The lowest BCUT2D eigenvalue weighted by Gasteiger charge is -2.20. The number of hydrogen-bond donors (Lipinski definition) is 2. The number of aryl methyl sites for hydroxylation is 1. The van der Waals surface area contributed by atoms with Crippen molar-refractivity contribution in [1.82, 2.24) is 14.9 Å². The Labute approximate surface area is 138 Å². The number of aliphatic hydroxyl groups is 1. The molecule has 2 N–H and O–H groups in total. The number of aliphatic hydroxyl groups excluding tert-OH is 1. The largest absolute Gasteiger partial charge is 0.486 e. The lowest BCUT2D eigenvalue weighted by Crippen LogP contribution is -2.32. The van der Waals surface area contributed by atoms with Crippen LogP contribution >= 0.6 is 0 Å². The summed E-state index contributed by atoms with van der Waals surface area (Å²) in [6.45, 7) is 7.18. The molecule has 0 saturated carbocycles. The van der Waals surface area contributed by atoms with Gasteiger partial charge in [-0.3, -0.25) is 0 Å². The number of rotatable bonds is 8. The lowest BCUT2D eigenvalue weighted by molar-refractivity contribution is 0.120. The summed E-state index contributed by atoms with van der Waals surface area (Å²) in [5.74, 6) is 1.98. The van der Waals surface area contributed by atoms with E-state index in [-0.39, 0.29) is 18.1 Å². The number of ether oxygens (including phenoxy) is 1. The fourth-order valence-corrected chi connectivity index (χ4v) is 2.19. The fraction of sp³-hybridized carbons (Fsp3) is 0.500. The van der Waals surface area contributed by atoms with E-state index in [2.05, 4.69) is 17.2 Å². The van der Waals surface area contributed by atoms with Gasteiger partial charge in [-0.15, -0.1) is 0 Å². The average molecular weight is 317 g/mol. The second-order valence-corrected chi connectivity index (χ2v) is 6.25. The van der Waals surface area contributed by atoms with E-state index in [0.29, 0.717) is 13.2 Å². The number of imidazole rings is 1. The van der Waals surface area contributed by atoms with Gasteiger partial charge in [0, 0.05) is 32.0 Å². The molecule has 2 unspecified atom stereocenters. The summed E-state index contributed by atoms with van der Waals surface area (Å²) in [5.41, 5.74) is 1.17. The van der Waals surface area contributed by atoms with Crippen molar-refractivity contribution in [3.8, 4) is 5.75 Å². The quantitative estimate of drug-likeness (QED) is 0.786. The highest BCUT2D eigenvalue weighted by Crippen LogP contribution is 2.18. The van der Waals surface area contributed by atoms with Crippen LogP contribution < -0.4 is 10.1 Å². The zero-order valence-electron chi connectivity index (χ0n) is 14.4. The first-order valence-electron chi connectivity index (χ1n) is 8.07. The molecule has 0 saturated heterocycles. The van der Waals surface area contributed by atoms with Crippen molar-refractivity contribution in [3.63, 3.8) is 0 Å². The molecule has 0 aliphatic heterocycles. The van der Waals surface area contributed by atoms with Crippen molar-refractivity contribution in [2.24, 2.45) is 13.0 Å². The number of nitrogens with one attached hydrogen (secondary N) is 1. The Morgan fingerprint density at radius 2 is 1.91 bits per heavy atom. The van der Waals surface area contributed by atoms with Gasteiger partial charge in [0.15, 0.2) is 0 Å². The second-order valence-electron chi connectivity index (χ2n) is 6.25. The van der Waals surface area contributed by atoms with Gasteiger partial charge in [0.05, 0.1) is 6.10 Å². The Hall–Kier alpha value is -1.85. The number of nitrogens with zero attached hydrogens (tertiary/aromatic N) is 2. The Bertz CT molecular complexity index is 593. The molecule has 2 rings (SSSR count). The van der Waals surface area contributed by atoms with Crippen LogP contribution in [0.3, 0.4) is 0 Å². The molecular formula is C18H27N3O2. The maximum absolute atomic E-state index is 9.86. The first kappa shape index (κ1) is 17.5. The van der Waals surface area contributed by atoms with Gasteiger partial charge in [-0.1, -0.05) is 26.0 Å². The molecule has 5 nitrogen and oxygen atoms in total. The predicted molar refractivity (Wildman–Crippen MR) is 91.2 cm³/mol. The first-order valence-corrected chi connectivity index (χ1v) is 8.07. The molecular weight excluding hydrogens is 290 g/mol. The molecule has 126 valence electrons. The summed E-state index contributed by atoms with van der Waals surface area (Å²) >= 11 is 0. The van der Waals surface area contributed by atoms with E-state index in [1.54, 1.807) is 6.20 Å². The van der Waals surface area contributed by atoms with Gasteiger partial charge >= 0.3 is 0 Å². The summed E-state index contributed by atoms with van der Waals surface area (Å²) in [6.07, 6.45) is 3.35. The van der Waals surface area contributed by atoms with E-state index in [4.69, 9.17) is 4.74 Å². The van der Waals surface area contributed by atoms with E-state index in [0.717, 1.165) is 11.6 Å². The number of aromatic nitrogens is 2. The van der Waals surface area contributed by atoms with Crippen molar-refractivity contribution in [2.45, 2.75) is 39.5 Å². The highest BCUT2D eigenvalue weighted by molar-refractivity contribution is 5.29. The van der Waals surface area contributed by atoms with Gasteiger partial charge in [0.25, 0.3) is 0 Å². The van der Waals surface area contributed by atoms with Crippen LogP contribution in [0.5, 0.6) is 5.75 Å². The number of benzene rings is 1. The van der Waals surface area contributed by atoms with Gasteiger partial charge in [-0.25, -0.2) is 4.98 Å². The summed E-state index contributed by atoms with van der Waals surface area (Å²) < 4.78 is 7.70. The maximum Gasteiger partial charge on any atom is 0.146 e. The van der Waals surface area contributed by atoms with E-state index >= 15 is 0 Å². The molecule has 0 radical (unpaired) electrons. The highest BCUT2D eigenvalue weighted by atomic mass is 16.5. The minimum atomic E-state index is -0.321. The zero-order valence-corrected chi connectivity index (χ0v) is 14.4. The van der Waals surface area contributed by atoms with Crippen LogP contribution in [0.1, 0.15) is 38.2 Å². The summed E-state index contributed by atoms with van der Waals surface area (Å²) in [6, 6.07) is 8.22. The van der Waals surface area contributed by atoms with Gasteiger partial charge in [-0.2, -0.15) is 0 Å². The fourth-order valence-electron chi connectivity index (χ4n) is 2.19. The van der Waals surface area contributed by atoms with Crippen LogP contribution in [0, 0.1) is 5.92 Å². The van der Waals surface area contributed by atoms with Crippen LogP contribution in [-0.2, 0) is 13.7 Å². The van der Waals surface area contributed by atoms with E-state index < -0.39 is 0 Å². The SMILES string of the molecule is CC(NCC(O)C(C)C)c1ccc(OCc2nccn2C)cc1. The van der Waals surface area contributed by atoms with Gasteiger partial charge < -0.3 is 19.7 Å². The van der Waals surface area contributed by atoms with Crippen LogP contribution in [0.25, 0.3) is 0 Å². The summed E-state index contributed by atoms with van der Waals surface area (Å²) in [5, 5.41) is 13.2. The van der Waals surface area contributed by atoms with Gasteiger partial charge in [-0.05, 0) is 30.5 Å². The molecule has 5 heteroatoms. The second kappa shape index (κ2) is 8.13. The third-order valence-corrected chi connectivity index (χ3v) is 4.07. The molecule has 2 aromatic rings. The van der Waals surface area contributed by atoms with Gasteiger partial charge in [0.2, 0.25) is 0 Å². The molecule has 0 fully saturated rings. The molecule has 1 aromatic heterocycles. The van der Waals surface area contributed by atoms with Crippen molar-refractivity contribution in [1.29, 1.82) is 0 Å². The molecule has 0 aliphatic carbocycles. The molecule has 23 heavy (non-hydrogen) atoms. The molecule has 0 spiro atoms. The van der Waals surface area contributed by atoms with Crippen LogP contribution in [0.2, 0.25) is 0 Å². The smallest absolute Gasteiger partial charge is 0.146 e. The summed E-state index contributed by atoms with van der Waals surface area (Å²) in [7, 11) is 1.95. The zero-order chi connectivity index (χ0) is 16.8. The van der Waals surface area contributed by atoms with E-state index in [1.807, 2.05) is 55.9 Å². The third-order valence-electron chi connectivity index (χ3n) is 4.07. The van der Waals surface area contributed by atoms with Crippen molar-refractivity contribution < 1.29 is 9.84 Å². The molecule has 0 amide bonds. The van der Waals surface area contributed by atoms with Crippen molar-refractivity contribution in [2.75, 3.05) is 6.54 Å². The monoisotopic (exact) mass is 317 g/mol. The third kappa shape index (κ3) is 5.08. The van der Waals surface area contributed by atoms with Crippen LogP contribution in [-0.4, -0.2) is 27.3 Å². The van der Waals surface area contributed by atoms with Crippen molar-refractivity contribution in [3.05, 3.63) is 48.0 Å². The molecule has 2 atom stereocenters. The highest BCUT2D eigenvalue weighted by Gasteiger charge is 2.11. The van der Waals surface area contributed by atoms with Crippen molar-refractivity contribution >= 4 is 0 Å². The summed E-state index contributed by atoms with van der Waals surface area (Å²) in [4.78, 5) is 4.24. The molecule has 1 heterocycles. The predicted octanol–water partition coefficient (Wildman–Crippen LogP) is 2.67. The Morgan fingerprint density at radius 3 is 2.48 bits per heavy atom. The average Bonchev–Trinajstić information content (AvgIpc) is 2.95. The minimum Gasteiger partial charge on any atom is -0.486 e. The molecule has 0 bridgehead atoms. The van der Waals surface area contributed by atoms with Crippen LogP contribution in [0.15, 0.2) is 36.7 Å². The number of hydrogen-bond acceptors (Lipinski definition) is 4. The molecule has 1 aromatic carbocycles. The van der Waals surface area contributed by atoms with Gasteiger partial charge in [0.1, 0.15) is 18.2 Å².